The number of anilines is 1. The SMILES string of the molecule is COCCCNC(=O)Nc1c(C)cc(Br)cc1C. The van der Waals surface area contributed by atoms with Crippen molar-refractivity contribution in [1.82, 2.24) is 5.32 Å². The average molecular weight is 315 g/mol. The van der Waals surface area contributed by atoms with Crippen LogP contribution in [0.1, 0.15) is 17.5 Å². The van der Waals surface area contributed by atoms with Gasteiger partial charge in [0.25, 0.3) is 0 Å². The zero-order valence-electron chi connectivity index (χ0n) is 11.0. The summed E-state index contributed by atoms with van der Waals surface area (Å²) < 4.78 is 5.93. The van der Waals surface area contributed by atoms with E-state index in [1.807, 2.05) is 26.0 Å². The van der Waals surface area contributed by atoms with E-state index in [2.05, 4.69) is 26.6 Å². The Kier molecular flexibility index (Phi) is 6.15. The molecular formula is C13H19BrN2O2. The predicted molar refractivity (Wildman–Crippen MR) is 77.1 cm³/mol. The summed E-state index contributed by atoms with van der Waals surface area (Å²) in [6, 6.07) is 3.78. The Balaban J connectivity index is 2.54. The fourth-order valence-electron chi connectivity index (χ4n) is 1.68. The second-order valence-corrected chi connectivity index (χ2v) is 5.06. The van der Waals surface area contributed by atoms with Gasteiger partial charge in [0.1, 0.15) is 0 Å². The highest BCUT2D eigenvalue weighted by molar-refractivity contribution is 9.10. The van der Waals surface area contributed by atoms with Crippen LogP contribution < -0.4 is 10.6 Å². The minimum absolute atomic E-state index is 0.181. The Morgan fingerprint density at radius 2 is 1.94 bits per heavy atom. The molecule has 2 amide bonds. The fourth-order valence-corrected chi connectivity index (χ4v) is 2.37. The Morgan fingerprint density at radius 3 is 2.50 bits per heavy atom. The number of halogens is 1. The Morgan fingerprint density at radius 1 is 1.33 bits per heavy atom. The third kappa shape index (κ3) is 4.66. The van der Waals surface area contributed by atoms with Crippen LogP contribution in [0.3, 0.4) is 0 Å². The molecular weight excluding hydrogens is 296 g/mol. The molecule has 1 aromatic carbocycles. The van der Waals surface area contributed by atoms with Gasteiger partial charge in [-0.25, -0.2) is 4.79 Å². The van der Waals surface area contributed by atoms with Gasteiger partial charge >= 0.3 is 6.03 Å². The smallest absolute Gasteiger partial charge is 0.319 e. The monoisotopic (exact) mass is 314 g/mol. The van der Waals surface area contributed by atoms with Gasteiger partial charge in [-0.15, -0.1) is 0 Å². The van der Waals surface area contributed by atoms with Gasteiger partial charge in [0.2, 0.25) is 0 Å². The van der Waals surface area contributed by atoms with E-state index < -0.39 is 0 Å². The van der Waals surface area contributed by atoms with Gasteiger partial charge in [0.15, 0.2) is 0 Å². The third-order valence-corrected chi connectivity index (χ3v) is 3.00. The number of ether oxygens (including phenoxy) is 1. The molecule has 0 aromatic heterocycles. The highest BCUT2D eigenvalue weighted by Crippen LogP contribution is 2.24. The number of urea groups is 1. The van der Waals surface area contributed by atoms with Crippen molar-refractivity contribution in [2.24, 2.45) is 0 Å². The number of carbonyl (C=O) groups is 1. The Labute approximate surface area is 116 Å². The van der Waals surface area contributed by atoms with Crippen LogP contribution >= 0.6 is 15.9 Å². The van der Waals surface area contributed by atoms with E-state index in [0.29, 0.717) is 13.2 Å². The second kappa shape index (κ2) is 7.38. The summed E-state index contributed by atoms with van der Waals surface area (Å²) in [6.45, 7) is 5.20. The summed E-state index contributed by atoms with van der Waals surface area (Å²) in [6.07, 6.45) is 0.808. The molecule has 1 aromatic rings. The van der Waals surface area contributed by atoms with Crippen LogP contribution in [0.2, 0.25) is 0 Å². The van der Waals surface area contributed by atoms with Crippen LogP contribution in [-0.4, -0.2) is 26.3 Å². The molecule has 0 aliphatic rings. The number of hydrogen-bond donors (Lipinski definition) is 2. The number of rotatable bonds is 5. The van der Waals surface area contributed by atoms with Gasteiger partial charge < -0.3 is 15.4 Å². The predicted octanol–water partition coefficient (Wildman–Crippen LogP) is 3.22. The van der Waals surface area contributed by atoms with Crippen molar-refractivity contribution in [3.63, 3.8) is 0 Å². The lowest BCUT2D eigenvalue weighted by Crippen LogP contribution is -2.30. The largest absolute Gasteiger partial charge is 0.385 e. The molecule has 0 aliphatic heterocycles. The standard InChI is InChI=1S/C13H19BrN2O2/c1-9-7-11(14)8-10(2)12(9)16-13(17)15-5-4-6-18-3/h7-8H,4-6H2,1-3H3,(H2,15,16,17). The van der Waals surface area contributed by atoms with E-state index in [9.17, 15) is 4.79 Å². The molecule has 5 heteroatoms. The van der Waals surface area contributed by atoms with E-state index >= 15 is 0 Å². The van der Waals surface area contributed by atoms with E-state index in [1.54, 1.807) is 7.11 Å². The minimum atomic E-state index is -0.181. The molecule has 0 unspecified atom stereocenters. The molecule has 0 atom stereocenters. The van der Waals surface area contributed by atoms with E-state index in [-0.39, 0.29) is 6.03 Å². The number of carbonyl (C=O) groups excluding carboxylic acids is 1. The van der Waals surface area contributed by atoms with Gasteiger partial charge in [-0.1, -0.05) is 15.9 Å². The Hall–Kier alpha value is -1.07. The maximum Gasteiger partial charge on any atom is 0.319 e. The molecule has 1 rings (SSSR count). The van der Waals surface area contributed by atoms with Crippen LogP contribution in [0, 0.1) is 13.8 Å². The normalized spacial score (nSPS) is 10.2. The first-order valence-electron chi connectivity index (χ1n) is 5.85. The van der Waals surface area contributed by atoms with Crippen molar-refractivity contribution < 1.29 is 9.53 Å². The summed E-state index contributed by atoms with van der Waals surface area (Å²) in [4.78, 5) is 11.7. The highest BCUT2D eigenvalue weighted by Gasteiger charge is 2.07. The van der Waals surface area contributed by atoms with Crippen molar-refractivity contribution in [1.29, 1.82) is 0 Å². The zero-order valence-corrected chi connectivity index (χ0v) is 12.6. The Bertz CT molecular complexity index is 398. The lowest BCUT2D eigenvalue weighted by molar-refractivity contribution is 0.194. The molecule has 100 valence electrons. The number of benzene rings is 1. The summed E-state index contributed by atoms with van der Waals surface area (Å²) in [5.41, 5.74) is 2.94. The summed E-state index contributed by atoms with van der Waals surface area (Å²) in [5.74, 6) is 0. The maximum atomic E-state index is 11.7. The van der Waals surface area contributed by atoms with Crippen LogP contribution in [-0.2, 0) is 4.74 Å². The summed E-state index contributed by atoms with van der Waals surface area (Å²) >= 11 is 3.43. The lowest BCUT2D eigenvalue weighted by atomic mass is 10.1. The number of nitrogens with one attached hydrogen (secondary N) is 2. The third-order valence-electron chi connectivity index (χ3n) is 2.55. The van der Waals surface area contributed by atoms with Crippen LogP contribution in [0.5, 0.6) is 0 Å². The quantitative estimate of drug-likeness (QED) is 0.820. The fraction of sp³-hybridized carbons (Fsp3) is 0.462. The van der Waals surface area contributed by atoms with Gasteiger partial charge in [-0.2, -0.15) is 0 Å². The zero-order chi connectivity index (χ0) is 13.5. The number of hydrogen-bond acceptors (Lipinski definition) is 2. The van der Waals surface area contributed by atoms with Crippen molar-refractivity contribution in [2.75, 3.05) is 25.6 Å². The second-order valence-electron chi connectivity index (χ2n) is 4.14. The molecule has 0 fully saturated rings. The number of methoxy groups -OCH3 is 1. The molecule has 0 heterocycles. The van der Waals surface area contributed by atoms with E-state index in [0.717, 1.165) is 27.7 Å². The summed E-state index contributed by atoms with van der Waals surface area (Å²) in [5, 5.41) is 5.66. The molecule has 0 radical (unpaired) electrons. The van der Waals surface area contributed by atoms with Gasteiger partial charge in [0.05, 0.1) is 0 Å². The average Bonchev–Trinajstić information content (AvgIpc) is 2.29. The van der Waals surface area contributed by atoms with Gasteiger partial charge in [0, 0.05) is 30.4 Å². The van der Waals surface area contributed by atoms with Crippen molar-refractivity contribution in [3.05, 3.63) is 27.7 Å². The number of amides is 2. The van der Waals surface area contributed by atoms with Gasteiger partial charge in [-0.05, 0) is 43.5 Å². The first kappa shape index (κ1) is 15.0. The van der Waals surface area contributed by atoms with E-state index in [1.165, 1.54) is 0 Å². The molecule has 0 aliphatic carbocycles. The minimum Gasteiger partial charge on any atom is -0.385 e. The first-order valence-corrected chi connectivity index (χ1v) is 6.64. The maximum absolute atomic E-state index is 11.7. The topological polar surface area (TPSA) is 50.4 Å². The van der Waals surface area contributed by atoms with E-state index in [4.69, 9.17) is 4.74 Å². The molecule has 0 spiro atoms. The van der Waals surface area contributed by atoms with Crippen molar-refractivity contribution >= 4 is 27.6 Å². The molecule has 2 N–H and O–H groups in total. The summed E-state index contributed by atoms with van der Waals surface area (Å²) in [7, 11) is 1.65. The van der Waals surface area contributed by atoms with Crippen molar-refractivity contribution in [3.8, 4) is 0 Å². The first-order chi connectivity index (χ1) is 8.54. The molecule has 0 bridgehead atoms. The molecule has 0 saturated heterocycles. The van der Waals surface area contributed by atoms with Crippen LogP contribution in [0.25, 0.3) is 0 Å². The number of aryl methyl sites for hydroxylation is 2. The lowest BCUT2D eigenvalue weighted by Gasteiger charge is -2.13. The van der Waals surface area contributed by atoms with Gasteiger partial charge in [-0.3, -0.25) is 0 Å². The van der Waals surface area contributed by atoms with Crippen LogP contribution in [0.4, 0.5) is 10.5 Å². The molecule has 4 nitrogen and oxygen atoms in total. The van der Waals surface area contributed by atoms with Crippen LogP contribution in [0.15, 0.2) is 16.6 Å². The van der Waals surface area contributed by atoms with Crippen molar-refractivity contribution in [2.45, 2.75) is 20.3 Å². The highest BCUT2D eigenvalue weighted by atomic mass is 79.9. The molecule has 0 saturated carbocycles. The molecule has 18 heavy (non-hydrogen) atoms.